The van der Waals surface area contributed by atoms with Gasteiger partial charge in [-0.15, -0.1) is 0 Å². The highest BCUT2D eigenvalue weighted by Crippen LogP contribution is 2.27. The van der Waals surface area contributed by atoms with E-state index in [1.807, 2.05) is 60.0 Å². The maximum atomic E-state index is 6.14. The summed E-state index contributed by atoms with van der Waals surface area (Å²) in [7, 11) is 0. The van der Waals surface area contributed by atoms with E-state index in [2.05, 4.69) is 4.98 Å². The van der Waals surface area contributed by atoms with Crippen molar-refractivity contribution in [2.45, 2.75) is 6.92 Å². The number of hydrogen-bond donors (Lipinski definition) is 1. The highest BCUT2D eigenvalue weighted by Gasteiger charge is 2.10. The average molecular weight is 253 g/mol. The average Bonchev–Trinajstić information content (AvgIpc) is 2.78. The fourth-order valence-corrected chi connectivity index (χ4v) is 2.10. The summed E-state index contributed by atoms with van der Waals surface area (Å²) in [6, 6.07) is 13.6. The Morgan fingerprint density at radius 1 is 1.16 bits per heavy atom. The largest absolute Gasteiger partial charge is 0.494 e. The summed E-state index contributed by atoms with van der Waals surface area (Å²) in [6.45, 7) is 2.63. The van der Waals surface area contributed by atoms with E-state index in [9.17, 15) is 0 Å². The van der Waals surface area contributed by atoms with Crippen LogP contribution in [0.3, 0.4) is 0 Å². The second-order valence-corrected chi connectivity index (χ2v) is 4.23. The first-order chi connectivity index (χ1) is 9.29. The lowest BCUT2D eigenvalue weighted by Crippen LogP contribution is -1.94. The standard InChI is InChI=1S/C15H15N3O/c1-2-19-12-8-6-11(7-9-12)14-15(16)18-10-4-3-5-13(18)17-14/h3-10H,2,16H2,1H3. The molecule has 0 aliphatic carbocycles. The third-order valence-electron chi connectivity index (χ3n) is 3.01. The van der Waals surface area contributed by atoms with Crippen LogP contribution in [0.4, 0.5) is 5.82 Å². The van der Waals surface area contributed by atoms with Crippen LogP contribution >= 0.6 is 0 Å². The van der Waals surface area contributed by atoms with Crippen LogP contribution in [0, 0.1) is 0 Å². The molecule has 3 aromatic rings. The lowest BCUT2D eigenvalue weighted by molar-refractivity contribution is 0.340. The molecule has 0 amide bonds. The first-order valence-electron chi connectivity index (χ1n) is 6.25. The number of nitrogens with zero attached hydrogens (tertiary/aromatic N) is 2. The van der Waals surface area contributed by atoms with E-state index >= 15 is 0 Å². The summed E-state index contributed by atoms with van der Waals surface area (Å²) < 4.78 is 7.31. The first kappa shape index (κ1) is 11.6. The molecular formula is C15H15N3O. The molecular weight excluding hydrogens is 238 g/mol. The molecule has 3 rings (SSSR count). The number of nitrogens with two attached hydrogens (primary N) is 1. The highest BCUT2D eigenvalue weighted by atomic mass is 16.5. The lowest BCUT2D eigenvalue weighted by Gasteiger charge is -2.04. The predicted octanol–water partition coefficient (Wildman–Crippen LogP) is 2.98. The van der Waals surface area contributed by atoms with Gasteiger partial charge in [-0.1, -0.05) is 6.07 Å². The Kier molecular flexibility index (Phi) is 2.83. The molecule has 1 aromatic carbocycles. The van der Waals surface area contributed by atoms with Crippen molar-refractivity contribution in [2.75, 3.05) is 12.3 Å². The highest BCUT2D eigenvalue weighted by molar-refractivity contribution is 5.75. The molecule has 0 unspecified atom stereocenters. The zero-order chi connectivity index (χ0) is 13.2. The molecule has 0 atom stereocenters. The summed E-state index contributed by atoms with van der Waals surface area (Å²) in [5, 5.41) is 0. The minimum absolute atomic E-state index is 0.653. The molecule has 0 bridgehead atoms. The zero-order valence-corrected chi connectivity index (χ0v) is 10.7. The topological polar surface area (TPSA) is 52.5 Å². The Balaban J connectivity index is 2.06. The molecule has 2 aromatic heterocycles. The second-order valence-electron chi connectivity index (χ2n) is 4.23. The third kappa shape index (κ3) is 2.01. The normalized spacial score (nSPS) is 10.8. The Hall–Kier alpha value is -2.49. The summed E-state index contributed by atoms with van der Waals surface area (Å²) >= 11 is 0. The van der Waals surface area contributed by atoms with Gasteiger partial charge in [0.1, 0.15) is 22.9 Å². The molecule has 96 valence electrons. The number of rotatable bonds is 3. The number of fused-ring (bicyclic) bond motifs is 1. The molecule has 2 N–H and O–H groups in total. The van der Waals surface area contributed by atoms with Gasteiger partial charge >= 0.3 is 0 Å². The minimum atomic E-state index is 0.653. The van der Waals surface area contributed by atoms with Crippen molar-refractivity contribution in [2.24, 2.45) is 0 Å². The molecule has 0 fully saturated rings. The van der Waals surface area contributed by atoms with E-state index in [1.54, 1.807) is 0 Å². The smallest absolute Gasteiger partial charge is 0.139 e. The van der Waals surface area contributed by atoms with Crippen LogP contribution in [-0.4, -0.2) is 16.0 Å². The van der Waals surface area contributed by atoms with Crippen LogP contribution < -0.4 is 10.5 Å². The molecule has 19 heavy (non-hydrogen) atoms. The molecule has 2 heterocycles. The number of benzene rings is 1. The van der Waals surface area contributed by atoms with Crippen LogP contribution in [0.1, 0.15) is 6.92 Å². The van der Waals surface area contributed by atoms with Gasteiger partial charge in [0, 0.05) is 11.8 Å². The van der Waals surface area contributed by atoms with Gasteiger partial charge in [-0.2, -0.15) is 0 Å². The molecule has 4 heteroatoms. The van der Waals surface area contributed by atoms with Crippen molar-refractivity contribution in [3.8, 4) is 17.0 Å². The van der Waals surface area contributed by atoms with Crippen molar-refractivity contribution in [1.82, 2.24) is 9.38 Å². The Labute approximate surface area is 111 Å². The van der Waals surface area contributed by atoms with Crippen molar-refractivity contribution in [1.29, 1.82) is 0 Å². The van der Waals surface area contributed by atoms with Crippen molar-refractivity contribution >= 4 is 11.5 Å². The van der Waals surface area contributed by atoms with Crippen LogP contribution in [-0.2, 0) is 0 Å². The van der Waals surface area contributed by atoms with Gasteiger partial charge in [-0.3, -0.25) is 4.40 Å². The maximum absolute atomic E-state index is 6.14. The maximum Gasteiger partial charge on any atom is 0.139 e. The SMILES string of the molecule is CCOc1ccc(-c2nc3ccccn3c2N)cc1. The Bertz CT molecular complexity index is 701. The van der Waals surface area contributed by atoms with Gasteiger partial charge < -0.3 is 10.5 Å². The first-order valence-corrected chi connectivity index (χ1v) is 6.25. The van der Waals surface area contributed by atoms with Gasteiger partial charge in [0.15, 0.2) is 0 Å². The summed E-state index contributed by atoms with van der Waals surface area (Å²) in [4.78, 5) is 4.56. The molecule has 0 saturated heterocycles. The van der Waals surface area contributed by atoms with Crippen molar-refractivity contribution in [3.63, 3.8) is 0 Å². The number of anilines is 1. The molecule has 0 aliphatic heterocycles. The monoisotopic (exact) mass is 253 g/mol. The van der Waals surface area contributed by atoms with Gasteiger partial charge in [0.25, 0.3) is 0 Å². The van der Waals surface area contributed by atoms with E-state index in [0.29, 0.717) is 12.4 Å². The Morgan fingerprint density at radius 2 is 1.95 bits per heavy atom. The summed E-state index contributed by atoms with van der Waals surface area (Å²) in [5.74, 6) is 1.51. The van der Waals surface area contributed by atoms with Gasteiger partial charge in [-0.25, -0.2) is 4.98 Å². The van der Waals surface area contributed by atoms with Gasteiger partial charge in [0.05, 0.1) is 6.61 Å². The summed E-state index contributed by atoms with van der Waals surface area (Å²) in [6.07, 6.45) is 1.91. The number of aromatic nitrogens is 2. The van der Waals surface area contributed by atoms with E-state index in [-0.39, 0.29) is 0 Å². The number of imidazole rings is 1. The third-order valence-corrected chi connectivity index (χ3v) is 3.01. The number of ether oxygens (including phenoxy) is 1. The van der Waals surface area contributed by atoms with Crippen LogP contribution in [0.5, 0.6) is 5.75 Å². The number of nitrogen functional groups attached to an aromatic ring is 1. The predicted molar refractivity (Wildman–Crippen MR) is 76.2 cm³/mol. The molecule has 0 radical (unpaired) electrons. The lowest BCUT2D eigenvalue weighted by atomic mass is 10.1. The van der Waals surface area contributed by atoms with E-state index in [4.69, 9.17) is 10.5 Å². The zero-order valence-electron chi connectivity index (χ0n) is 10.7. The van der Waals surface area contributed by atoms with E-state index < -0.39 is 0 Å². The quantitative estimate of drug-likeness (QED) is 0.780. The fourth-order valence-electron chi connectivity index (χ4n) is 2.10. The van der Waals surface area contributed by atoms with Crippen LogP contribution in [0.15, 0.2) is 48.7 Å². The molecule has 0 aliphatic rings. The second kappa shape index (κ2) is 4.65. The number of hydrogen-bond acceptors (Lipinski definition) is 3. The van der Waals surface area contributed by atoms with Crippen LogP contribution in [0.25, 0.3) is 16.9 Å². The minimum Gasteiger partial charge on any atom is -0.494 e. The van der Waals surface area contributed by atoms with Gasteiger partial charge in [-0.05, 0) is 43.3 Å². The van der Waals surface area contributed by atoms with E-state index in [0.717, 1.165) is 22.7 Å². The Morgan fingerprint density at radius 3 is 2.63 bits per heavy atom. The van der Waals surface area contributed by atoms with Gasteiger partial charge in [0.2, 0.25) is 0 Å². The fraction of sp³-hybridized carbons (Fsp3) is 0.133. The van der Waals surface area contributed by atoms with Crippen LogP contribution in [0.2, 0.25) is 0 Å². The summed E-state index contributed by atoms with van der Waals surface area (Å²) in [5.41, 5.74) is 8.78. The van der Waals surface area contributed by atoms with E-state index in [1.165, 1.54) is 0 Å². The number of pyridine rings is 1. The van der Waals surface area contributed by atoms with Crippen molar-refractivity contribution < 1.29 is 4.74 Å². The van der Waals surface area contributed by atoms with Crippen molar-refractivity contribution in [3.05, 3.63) is 48.7 Å². The molecule has 0 saturated carbocycles. The molecule has 0 spiro atoms. The molecule has 4 nitrogen and oxygen atoms in total.